The molecule has 5 heteroatoms. The standard InChI is InChI=1S/C10H9NO3S/c1-2-13-9(12)6-4-3-5-7-8(6)11-10(15)14-7/h3-5H,2H2,1H3,(H,11,15). The summed E-state index contributed by atoms with van der Waals surface area (Å²) >= 11 is 4.85. The quantitative estimate of drug-likeness (QED) is 0.628. The average Bonchev–Trinajstić information content (AvgIpc) is 2.57. The maximum Gasteiger partial charge on any atom is 0.340 e. The van der Waals surface area contributed by atoms with Gasteiger partial charge in [0.05, 0.1) is 17.7 Å². The Balaban J connectivity index is 2.60. The second kappa shape index (κ2) is 3.86. The molecule has 0 atom stereocenters. The molecular formula is C10H9NO3S. The number of aromatic nitrogens is 1. The second-order valence-corrected chi connectivity index (χ2v) is 3.28. The van der Waals surface area contributed by atoms with Crippen LogP contribution < -0.4 is 0 Å². The van der Waals surface area contributed by atoms with E-state index in [1.54, 1.807) is 25.1 Å². The van der Waals surface area contributed by atoms with E-state index in [2.05, 4.69) is 4.98 Å². The van der Waals surface area contributed by atoms with Crippen LogP contribution in [0.4, 0.5) is 0 Å². The van der Waals surface area contributed by atoms with Crippen LogP contribution in [-0.4, -0.2) is 17.6 Å². The van der Waals surface area contributed by atoms with Crippen LogP contribution in [-0.2, 0) is 4.74 Å². The van der Waals surface area contributed by atoms with Crippen molar-refractivity contribution in [3.63, 3.8) is 0 Å². The molecule has 15 heavy (non-hydrogen) atoms. The zero-order chi connectivity index (χ0) is 10.8. The lowest BCUT2D eigenvalue weighted by atomic mass is 10.2. The summed E-state index contributed by atoms with van der Waals surface area (Å²) in [6, 6.07) is 5.13. The molecule has 1 aromatic heterocycles. The van der Waals surface area contributed by atoms with E-state index in [4.69, 9.17) is 21.4 Å². The Hall–Kier alpha value is -1.62. The van der Waals surface area contributed by atoms with E-state index in [1.807, 2.05) is 0 Å². The second-order valence-electron chi connectivity index (χ2n) is 2.91. The van der Waals surface area contributed by atoms with Crippen molar-refractivity contribution in [3.8, 4) is 0 Å². The highest BCUT2D eigenvalue weighted by Gasteiger charge is 2.12. The summed E-state index contributed by atoms with van der Waals surface area (Å²) in [5.41, 5.74) is 1.58. The van der Waals surface area contributed by atoms with Crippen molar-refractivity contribution >= 4 is 29.3 Å². The fourth-order valence-electron chi connectivity index (χ4n) is 1.35. The normalized spacial score (nSPS) is 10.5. The number of hydrogen-bond acceptors (Lipinski definition) is 4. The maximum atomic E-state index is 11.6. The number of aromatic amines is 1. The molecule has 4 nitrogen and oxygen atoms in total. The van der Waals surface area contributed by atoms with Crippen LogP contribution >= 0.6 is 12.2 Å². The molecule has 0 spiro atoms. The number of esters is 1. The van der Waals surface area contributed by atoms with Gasteiger partial charge in [-0.1, -0.05) is 6.07 Å². The van der Waals surface area contributed by atoms with Gasteiger partial charge in [0.1, 0.15) is 0 Å². The highest BCUT2D eigenvalue weighted by molar-refractivity contribution is 7.71. The van der Waals surface area contributed by atoms with Crippen LogP contribution in [0.3, 0.4) is 0 Å². The highest BCUT2D eigenvalue weighted by atomic mass is 32.1. The first-order valence-corrected chi connectivity index (χ1v) is 4.92. The van der Waals surface area contributed by atoms with Crippen molar-refractivity contribution in [1.82, 2.24) is 4.98 Å². The third-order valence-electron chi connectivity index (χ3n) is 1.95. The van der Waals surface area contributed by atoms with Gasteiger partial charge in [-0.25, -0.2) is 4.79 Å². The Morgan fingerprint density at radius 3 is 3.13 bits per heavy atom. The molecule has 0 aliphatic rings. The lowest BCUT2D eigenvalue weighted by Crippen LogP contribution is -2.05. The molecule has 0 saturated heterocycles. The minimum absolute atomic E-state index is 0.252. The third-order valence-corrected chi connectivity index (χ3v) is 2.14. The van der Waals surface area contributed by atoms with Gasteiger partial charge in [-0.15, -0.1) is 0 Å². The maximum absolute atomic E-state index is 11.6. The Morgan fingerprint density at radius 1 is 1.60 bits per heavy atom. The molecule has 0 fully saturated rings. The molecule has 0 bridgehead atoms. The number of ether oxygens (including phenoxy) is 1. The van der Waals surface area contributed by atoms with Crippen molar-refractivity contribution in [2.45, 2.75) is 6.92 Å². The van der Waals surface area contributed by atoms with Crippen molar-refractivity contribution < 1.29 is 13.9 Å². The van der Waals surface area contributed by atoms with E-state index in [1.165, 1.54) is 0 Å². The number of benzene rings is 1. The lowest BCUT2D eigenvalue weighted by Gasteiger charge is -2.01. The number of H-pyrrole nitrogens is 1. The first-order chi connectivity index (χ1) is 7.22. The molecule has 0 saturated carbocycles. The number of hydrogen-bond donors (Lipinski definition) is 1. The van der Waals surface area contributed by atoms with Gasteiger partial charge in [0.25, 0.3) is 4.84 Å². The van der Waals surface area contributed by atoms with Gasteiger partial charge in [0.15, 0.2) is 5.58 Å². The monoisotopic (exact) mass is 223 g/mol. The number of oxazole rings is 1. The average molecular weight is 223 g/mol. The first kappa shape index (κ1) is 9.92. The lowest BCUT2D eigenvalue weighted by molar-refractivity contribution is 0.0528. The minimum Gasteiger partial charge on any atom is -0.462 e. The first-order valence-electron chi connectivity index (χ1n) is 4.51. The molecule has 0 radical (unpaired) electrons. The molecule has 1 aromatic carbocycles. The fraction of sp³-hybridized carbons (Fsp3) is 0.200. The number of para-hydroxylation sites is 1. The summed E-state index contributed by atoms with van der Waals surface area (Å²) in [5, 5.41) is 0. The van der Waals surface area contributed by atoms with Gasteiger partial charge in [-0.05, 0) is 31.3 Å². The zero-order valence-electron chi connectivity index (χ0n) is 8.07. The van der Waals surface area contributed by atoms with Gasteiger partial charge in [0.2, 0.25) is 0 Å². The number of fused-ring (bicyclic) bond motifs is 1. The Labute approximate surface area is 90.9 Å². The van der Waals surface area contributed by atoms with Crippen molar-refractivity contribution in [3.05, 3.63) is 28.6 Å². The van der Waals surface area contributed by atoms with E-state index in [0.29, 0.717) is 23.3 Å². The number of nitrogens with one attached hydrogen (secondary N) is 1. The Kier molecular flexibility index (Phi) is 2.55. The van der Waals surface area contributed by atoms with Crippen molar-refractivity contribution in [1.29, 1.82) is 0 Å². The third kappa shape index (κ3) is 1.78. The fourth-order valence-corrected chi connectivity index (χ4v) is 1.54. The Morgan fingerprint density at radius 2 is 2.40 bits per heavy atom. The molecule has 2 rings (SSSR count). The van der Waals surface area contributed by atoms with E-state index in [-0.39, 0.29) is 10.8 Å². The topological polar surface area (TPSA) is 55.2 Å². The summed E-state index contributed by atoms with van der Waals surface area (Å²) in [4.78, 5) is 14.6. The summed E-state index contributed by atoms with van der Waals surface area (Å²) in [7, 11) is 0. The van der Waals surface area contributed by atoms with Crippen LogP contribution in [0.5, 0.6) is 0 Å². The van der Waals surface area contributed by atoms with Gasteiger partial charge < -0.3 is 14.1 Å². The molecule has 0 unspecified atom stereocenters. The zero-order valence-corrected chi connectivity index (χ0v) is 8.89. The van der Waals surface area contributed by atoms with Crippen molar-refractivity contribution in [2.24, 2.45) is 0 Å². The van der Waals surface area contributed by atoms with Gasteiger partial charge in [-0.3, -0.25) is 0 Å². The highest BCUT2D eigenvalue weighted by Crippen LogP contribution is 2.18. The summed E-state index contributed by atoms with van der Waals surface area (Å²) in [5.74, 6) is -0.379. The minimum atomic E-state index is -0.379. The van der Waals surface area contributed by atoms with Crippen LogP contribution in [0, 0.1) is 4.84 Å². The molecule has 78 valence electrons. The van der Waals surface area contributed by atoms with E-state index < -0.39 is 0 Å². The van der Waals surface area contributed by atoms with Crippen LogP contribution in [0.25, 0.3) is 11.1 Å². The predicted octanol–water partition coefficient (Wildman–Crippen LogP) is 2.67. The smallest absolute Gasteiger partial charge is 0.340 e. The SMILES string of the molecule is CCOC(=O)c1cccc2oc(=S)[nH]c12. The molecule has 1 N–H and O–H groups in total. The predicted molar refractivity (Wildman–Crippen MR) is 57.4 cm³/mol. The molecular weight excluding hydrogens is 214 g/mol. The molecule has 0 aliphatic carbocycles. The number of rotatable bonds is 2. The number of carbonyl (C=O) groups excluding carboxylic acids is 1. The molecule has 0 amide bonds. The molecule has 1 heterocycles. The van der Waals surface area contributed by atoms with Gasteiger partial charge >= 0.3 is 5.97 Å². The van der Waals surface area contributed by atoms with Gasteiger partial charge in [-0.2, -0.15) is 0 Å². The van der Waals surface area contributed by atoms with Crippen LogP contribution in [0.15, 0.2) is 22.6 Å². The van der Waals surface area contributed by atoms with E-state index in [9.17, 15) is 4.79 Å². The number of carbonyl (C=O) groups is 1. The summed E-state index contributed by atoms with van der Waals surface area (Å²) < 4.78 is 10.1. The van der Waals surface area contributed by atoms with E-state index in [0.717, 1.165) is 0 Å². The largest absolute Gasteiger partial charge is 0.462 e. The molecule has 2 aromatic rings. The van der Waals surface area contributed by atoms with Gasteiger partial charge in [0, 0.05) is 0 Å². The molecule has 0 aliphatic heterocycles. The van der Waals surface area contributed by atoms with Crippen LogP contribution in [0.2, 0.25) is 0 Å². The summed E-state index contributed by atoms with van der Waals surface area (Å²) in [6.07, 6.45) is 0. The summed E-state index contributed by atoms with van der Waals surface area (Å²) in [6.45, 7) is 2.10. The van der Waals surface area contributed by atoms with Crippen LogP contribution in [0.1, 0.15) is 17.3 Å². The Bertz CT molecular complexity index is 555. The van der Waals surface area contributed by atoms with E-state index >= 15 is 0 Å². The van der Waals surface area contributed by atoms with Crippen molar-refractivity contribution in [2.75, 3.05) is 6.61 Å².